The molecule has 3 N–H and O–H groups in total. The summed E-state index contributed by atoms with van der Waals surface area (Å²) in [6.07, 6.45) is 0.459. The van der Waals surface area contributed by atoms with Crippen molar-refractivity contribution >= 4 is 23.4 Å². The molecule has 0 aliphatic rings. The van der Waals surface area contributed by atoms with Gasteiger partial charge in [0.25, 0.3) is 0 Å². The van der Waals surface area contributed by atoms with Crippen molar-refractivity contribution in [3.8, 4) is 0 Å². The zero-order valence-electron chi connectivity index (χ0n) is 11.8. The molecule has 0 aliphatic carbocycles. The van der Waals surface area contributed by atoms with Gasteiger partial charge in [0.15, 0.2) is 0 Å². The minimum Gasteiger partial charge on any atom is -0.271 e. The molecular formula is C16H18ClFN2S. The molecule has 2 nitrogen and oxygen atoms in total. The van der Waals surface area contributed by atoms with Gasteiger partial charge >= 0.3 is 0 Å². The summed E-state index contributed by atoms with van der Waals surface area (Å²) < 4.78 is 13.8. The van der Waals surface area contributed by atoms with Crippen molar-refractivity contribution in [3.05, 3.63) is 64.4 Å². The van der Waals surface area contributed by atoms with Gasteiger partial charge < -0.3 is 0 Å². The first-order valence-electron chi connectivity index (χ1n) is 6.69. The Morgan fingerprint density at radius 3 is 2.67 bits per heavy atom. The highest BCUT2D eigenvalue weighted by Gasteiger charge is 2.14. The Kier molecular flexibility index (Phi) is 6.06. The summed E-state index contributed by atoms with van der Waals surface area (Å²) in [5.74, 6) is 6.05. The van der Waals surface area contributed by atoms with Crippen LogP contribution in [0, 0.1) is 12.7 Å². The molecule has 0 fully saturated rings. The van der Waals surface area contributed by atoms with E-state index < -0.39 is 0 Å². The number of rotatable bonds is 6. The van der Waals surface area contributed by atoms with E-state index in [9.17, 15) is 4.39 Å². The molecule has 1 atom stereocenters. The smallest absolute Gasteiger partial charge is 0.127 e. The van der Waals surface area contributed by atoms with Gasteiger partial charge in [0, 0.05) is 27.3 Å². The number of benzene rings is 2. The number of hydrogen-bond acceptors (Lipinski definition) is 3. The monoisotopic (exact) mass is 324 g/mol. The van der Waals surface area contributed by atoms with Crippen LogP contribution in [0.1, 0.15) is 11.1 Å². The lowest BCUT2D eigenvalue weighted by molar-refractivity contribution is 0.547. The predicted molar refractivity (Wildman–Crippen MR) is 88.1 cm³/mol. The zero-order chi connectivity index (χ0) is 15.2. The van der Waals surface area contributed by atoms with Crippen LogP contribution >= 0.6 is 23.4 Å². The van der Waals surface area contributed by atoms with Gasteiger partial charge in [-0.1, -0.05) is 35.9 Å². The molecule has 1 unspecified atom stereocenters. The third-order valence-corrected chi connectivity index (χ3v) is 4.97. The van der Waals surface area contributed by atoms with Crippen molar-refractivity contribution in [2.45, 2.75) is 24.3 Å². The first-order chi connectivity index (χ1) is 10.1. The zero-order valence-corrected chi connectivity index (χ0v) is 13.3. The number of halogens is 2. The van der Waals surface area contributed by atoms with Crippen LogP contribution in [0.25, 0.3) is 0 Å². The van der Waals surface area contributed by atoms with Gasteiger partial charge in [-0.05, 0) is 37.1 Å². The first kappa shape index (κ1) is 16.3. The standard InChI is InChI=1S/C16H18ClFN2S/c1-11-5-2-3-8-16(11)21-10-12(20-19)9-13-14(17)6-4-7-15(13)18/h2-8,12,20H,9-10,19H2,1H3. The van der Waals surface area contributed by atoms with Crippen LogP contribution < -0.4 is 11.3 Å². The lowest BCUT2D eigenvalue weighted by Gasteiger charge is -2.17. The van der Waals surface area contributed by atoms with Gasteiger partial charge in [-0.15, -0.1) is 11.8 Å². The maximum Gasteiger partial charge on any atom is 0.127 e. The second-order valence-corrected chi connectivity index (χ2v) is 6.31. The van der Waals surface area contributed by atoms with Gasteiger partial charge in [-0.25, -0.2) is 4.39 Å². The van der Waals surface area contributed by atoms with E-state index in [1.807, 2.05) is 12.1 Å². The molecule has 0 aromatic heterocycles. The lowest BCUT2D eigenvalue weighted by Crippen LogP contribution is -2.39. The maximum absolute atomic E-state index is 13.8. The summed E-state index contributed by atoms with van der Waals surface area (Å²) >= 11 is 7.76. The second-order valence-electron chi connectivity index (χ2n) is 4.84. The molecule has 2 aromatic rings. The molecule has 0 bridgehead atoms. The normalized spacial score (nSPS) is 12.4. The summed E-state index contributed by atoms with van der Waals surface area (Å²) in [4.78, 5) is 1.21. The molecule has 0 spiro atoms. The second kappa shape index (κ2) is 7.80. The third kappa shape index (κ3) is 4.45. The molecule has 0 heterocycles. The molecule has 0 saturated heterocycles. The van der Waals surface area contributed by atoms with E-state index in [1.54, 1.807) is 23.9 Å². The SMILES string of the molecule is Cc1ccccc1SCC(Cc1c(F)cccc1Cl)NN. The van der Waals surface area contributed by atoms with Gasteiger partial charge in [0.1, 0.15) is 5.82 Å². The van der Waals surface area contributed by atoms with Crippen LogP contribution in [0.5, 0.6) is 0 Å². The van der Waals surface area contributed by atoms with Gasteiger partial charge in [0.2, 0.25) is 0 Å². The van der Waals surface area contributed by atoms with Crippen molar-refractivity contribution in [3.63, 3.8) is 0 Å². The molecule has 0 aliphatic heterocycles. The molecule has 0 radical (unpaired) electrons. The number of hydrogen-bond donors (Lipinski definition) is 2. The Bertz CT molecular complexity index is 586. The fourth-order valence-corrected chi connectivity index (χ4v) is 3.35. The number of thioether (sulfide) groups is 1. The molecule has 112 valence electrons. The van der Waals surface area contributed by atoms with E-state index in [4.69, 9.17) is 17.4 Å². The third-order valence-electron chi connectivity index (χ3n) is 3.28. The van der Waals surface area contributed by atoms with Crippen LogP contribution in [-0.4, -0.2) is 11.8 Å². The van der Waals surface area contributed by atoms with Crippen molar-refractivity contribution in [2.75, 3.05) is 5.75 Å². The lowest BCUT2D eigenvalue weighted by atomic mass is 10.1. The van der Waals surface area contributed by atoms with E-state index in [1.165, 1.54) is 16.5 Å². The topological polar surface area (TPSA) is 38.0 Å². The quantitative estimate of drug-likeness (QED) is 0.480. The van der Waals surface area contributed by atoms with E-state index in [2.05, 4.69) is 24.5 Å². The van der Waals surface area contributed by atoms with E-state index in [0.29, 0.717) is 17.0 Å². The molecule has 0 saturated carbocycles. The minimum absolute atomic E-state index is 0.0518. The molecule has 5 heteroatoms. The van der Waals surface area contributed by atoms with Crippen LogP contribution in [-0.2, 0) is 6.42 Å². The fraction of sp³-hybridized carbons (Fsp3) is 0.250. The molecule has 21 heavy (non-hydrogen) atoms. The fourth-order valence-electron chi connectivity index (χ4n) is 2.05. The summed E-state index contributed by atoms with van der Waals surface area (Å²) in [7, 11) is 0. The summed E-state index contributed by atoms with van der Waals surface area (Å²) in [5.41, 5.74) is 4.48. The van der Waals surface area contributed by atoms with Crippen molar-refractivity contribution in [2.24, 2.45) is 5.84 Å². The highest BCUT2D eigenvalue weighted by Crippen LogP contribution is 2.25. The average molecular weight is 325 g/mol. The van der Waals surface area contributed by atoms with E-state index in [0.717, 1.165) is 5.75 Å². The molecule has 2 aromatic carbocycles. The summed E-state index contributed by atoms with van der Waals surface area (Å²) in [6, 6.07) is 12.8. The van der Waals surface area contributed by atoms with Crippen molar-refractivity contribution in [1.29, 1.82) is 0 Å². The Balaban J connectivity index is 2.02. The number of nitrogens with two attached hydrogens (primary N) is 1. The molecule has 2 rings (SSSR count). The van der Waals surface area contributed by atoms with Gasteiger partial charge in [0.05, 0.1) is 0 Å². The van der Waals surface area contributed by atoms with E-state index in [-0.39, 0.29) is 11.9 Å². The van der Waals surface area contributed by atoms with Crippen LogP contribution in [0.4, 0.5) is 4.39 Å². The highest BCUT2D eigenvalue weighted by atomic mass is 35.5. The number of aryl methyl sites for hydroxylation is 1. The van der Waals surface area contributed by atoms with E-state index >= 15 is 0 Å². The molecular weight excluding hydrogens is 307 g/mol. The molecule has 0 amide bonds. The number of nitrogens with one attached hydrogen (secondary N) is 1. The first-order valence-corrected chi connectivity index (χ1v) is 8.05. The Morgan fingerprint density at radius 1 is 1.24 bits per heavy atom. The summed E-state index contributed by atoms with van der Waals surface area (Å²) in [6.45, 7) is 2.07. The van der Waals surface area contributed by atoms with Crippen molar-refractivity contribution in [1.82, 2.24) is 5.43 Å². The largest absolute Gasteiger partial charge is 0.271 e. The number of hydrazine groups is 1. The van der Waals surface area contributed by atoms with Crippen molar-refractivity contribution < 1.29 is 4.39 Å². The Labute approximate surface area is 133 Å². The Hall–Kier alpha value is -1.07. The van der Waals surface area contributed by atoms with Crippen LogP contribution in [0.2, 0.25) is 5.02 Å². The van der Waals surface area contributed by atoms with Gasteiger partial charge in [-0.3, -0.25) is 11.3 Å². The van der Waals surface area contributed by atoms with Gasteiger partial charge in [-0.2, -0.15) is 0 Å². The van der Waals surface area contributed by atoms with Crippen LogP contribution in [0.15, 0.2) is 47.4 Å². The summed E-state index contributed by atoms with van der Waals surface area (Å²) in [5, 5.41) is 0.441. The van der Waals surface area contributed by atoms with Crippen LogP contribution in [0.3, 0.4) is 0 Å². The predicted octanol–water partition coefficient (Wildman–Crippen LogP) is 3.95. The highest BCUT2D eigenvalue weighted by molar-refractivity contribution is 7.99. The average Bonchev–Trinajstić information content (AvgIpc) is 2.48. The minimum atomic E-state index is -0.288. The maximum atomic E-state index is 13.8. The Morgan fingerprint density at radius 2 is 2.00 bits per heavy atom.